The number of rotatable bonds is 2. The van der Waals surface area contributed by atoms with E-state index in [2.05, 4.69) is 4.98 Å². The van der Waals surface area contributed by atoms with Gasteiger partial charge in [-0.1, -0.05) is 12.1 Å². The highest BCUT2D eigenvalue weighted by Gasteiger charge is 2.48. The lowest BCUT2D eigenvalue weighted by Crippen LogP contribution is -2.24. The largest absolute Gasteiger partial charge is 0.502 e. The van der Waals surface area contributed by atoms with Gasteiger partial charge in [-0.25, -0.2) is 12.8 Å². The first kappa shape index (κ1) is 14.4. The fourth-order valence-electron chi connectivity index (χ4n) is 1.60. The molecule has 0 spiro atoms. The summed E-state index contributed by atoms with van der Waals surface area (Å²) in [5, 5.41) is 0. The summed E-state index contributed by atoms with van der Waals surface area (Å²) in [4.78, 5) is 2.30. The van der Waals surface area contributed by atoms with Crippen LogP contribution in [0, 0.1) is 5.82 Å². The average molecular weight is 305 g/mol. The van der Waals surface area contributed by atoms with Crippen molar-refractivity contribution in [3.63, 3.8) is 0 Å². The Labute approximate surface area is 111 Å². The number of alkyl halides is 3. The molecule has 8 heteroatoms. The van der Waals surface area contributed by atoms with Gasteiger partial charge >= 0.3 is 5.51 Å². The number of benzene rings is 1. The van der Waals surface area contributed by atoms with Crippen LogP contribution < -0.4 is 0 Å². The van der Waals surface area contributed by atoms with E-state index >= 15 is 0 Å². The van der Waals surface area contributed by atoms with Crippen LogP contribution in [0.2, 0.25) is 0 Å². The highest BCUT2D eigenvalue weighted by atomic mass is 32.2. The van der Waals surface area contributed by atoms with E-state index in [1.54, 1.807) is 0 Å². The van der Waals surface area contributed by atoms with Crippen molar-refractivity contribution in [1.82, 2.24) is 4.98 Å². The molecule has 0 N–H and O–H groups in total. The van der Waals surface area contributed by atoms with Gasteiger partial charge in [0.1, 0.15) is 10.7 Å². The Morgan fingerprint density at radius 1 is 1.00 bits per heavy atom. The fourth-order valence-corrected chi connectivity index (χ4v) is 2.45. The third kappa shape index (κ3) is 2.38. The minimum absolute atomic E-state index is 0.233. The molecule has 20 heavy (non-hydrogen) atoms. The van der Waals surface area contributed by atoms with E-state index in [1.807, 2.05) is 0 Å². The van der Waals surface area contributed by atoms with Crippen LogP contribution in [0.1, 0.15) is 0 Å². The molecule has 1 heterocycles. The zero-order valence-corrected chi connectivity index (χ0v) is 10.5. The quantitative estimate of drug-likeness (QED) is 0.801. The molecule has 106 valence electrons. The van der Waals surface area contributed by atoms with E-state index < -0.39 is 26.1 Å². The second-order valence-corrected chi connectivity index (χ2v) is 5.71. The Bertz CT molecular complexity index is 727. The predicted molar refractivity (Wildman–Crippen MR) is 62.9 cm³/mol. The number of sulfone groups is 1. The molecule has 0 fully saturated rings. The molecule has 1 aromatic carbocycles. The molecule has 1 aromatic heterocycles. The summed E-state index contributed by atoms with van der Waals surface area (Å²) >= 11 is 0. The Balaban J connectivity index is 2.66. The van der Waals surface area contributed by atoms with Crippen molar-refractivity contribution in [2.45, 2.75) is 10.4 Å². The Hall–Kier alpha value is -1.96. The van der Waals surface area contributed by atoms with Gasteiger partial charge in [0.25, 0.3) is 9.84 Å². The summed E-state index contributed by atoms with van der Waals surface area (Å²) < 4.78 is 74.1. The molecule has 2 rings (SSSR count). The van der Waals surface area contributed by atoms with Gasteiger partial charge in [0.05, 0.1) is 0 Å². The molecule has 0 radical (unpaired) electrons. The zero-order valence-electron chi connectivity index (χ0n) is 9.73. The summed E-state index contributed by atoms with van der Waals surface area (Å²) in [6.45, 7) is 0. The van der Waals surface area contributed by atoms with Gasteiger partial charge in [-0.05, 0) is 23.8 Å². The van der Waals surface area contributed by atoms with Gasteiger partial charge in [-0.2, -0.15) is 13.2 Å². The Morgan fingerprint density at radius 3 is 2.15 bits per heavy atom. The van der Waals surface area contributed by atoms with Crippen molar-refractivity contribution in [2.24, 2.45) is 0 Å². The second kappa shape index (κ2) is 4.86. The first-order valence-corrected chi connectivity index (χ1v) is 6.74. The van der Waals surface area contributed by atoms with Gasteiger partial charge < -0.3 is 0 Å². The molecular formula is C12H7F4NO2S. The normalized spacial score (nSPS) is 12.4. The monoisotopic (exact) mass is 305 g/mol. The van der Waals surface area contributed by atoms with Crippen molar-refractivity contribution < 1.29 is 26.0 Å². The third-order valence-electron chi connectivity index (χ3n) is 2.55. The van der Waals surface area contributed by atoms with E-state index in [0.29, 0.717) is 6.07 Å². The number of hydrogen-bond donors (Lipinski definition) is 0. The number of nitrogens with zero attached hydrogens (tertiary/aromatic N) is 1. The lowest BCUT2D eigenvalue weighted by molar-refractivity contribution is -0.0437. The summed E-state index contributed by atoms with van der Waals surface area (Å²) in [7, 11) is -5.73. The topological polar surface area (TPSA) is 47.0 Å². The molecule has 0 saturated carbocycles. The second-order valence-electron chi connectivity index (χ2n) is 3.80. The lowest BCUT2D eigenvalue weighted by atomic mass is 10.1. The van der Waals surface area contributed by atoms with Crippen molar-refractivity contribution in [3.8, 4) is 11.1 Å². The molecule has 0 aliphatic heterocycles. The predicted octanol–water partition coefficient (Wildman–Crippen LogP) is 3.18. The van der Waals surface area contributed by atoms with Crippen LogP contribution in [-0.2, 0) is 9.84 Å². The van der Waals surface area contributed by atoms with Gasteiger partial charge in [-0.3, -0.25) is 4.98 Å². The fraction of sp³-hybridized carbons (Fsp3) is 0.0833. The van der Waals surface area contributed by atoms with Crippen molar-refractivity contribution in [3.05, 3.63) is 48.5 Å². The molecule has 3 nitrogen and oxygen atoms in total. The smallest absolute Gasteiger partial charge is 0.265 e. The SMILES string of the molecule is O=S(=O)(c1cccc(-c2ccncc2)c1F)C(F)(F)F. The van der Waals surface area contributed by atoms with Crippen LogP contribution in [0.3, 0.4) is 0 Å². The van der Waals surface area contributed by atoms with Crippen molar-refractivity contribution in [2.75, 3.05) is 0 Å². The van der Waals surface area contributed by atoms with E-state index in [9.17, 15) is 26.0 Å². The van der Waals surface area contributed by atoms with Crippen LogP contribution >= 0.6 is 0 Å². The Morgan fingerprint density at radius 2 is 1.60 bits per heavy atom. The molecule has 0 aliphatic carbocycles. The Kier molecular flexibility index (Phi) is 3.51. The van der Waals surface area contributed by atoms with Gasteiger partial charge in [0.2, 0.25) is 0 Å². The van der Waals surface area contributed by atoms with Crippen LogP contribution in [0.5, 0.6) is 0 Å². The molecule has 2 aromatic rings. The highest BCUT2D eigenvalue weighted by molar-refractivity contribution is 7.92. The first-order chi connectivity index (χ1) is 9.25. The third-order valence-corrected chi connectivity index (χ3v) is 4.05. The highest BCUT2D eigenvalue weighted by Crippen LogP contribution is 2.34. The molecule has 0 saturated heterocycles. The van der Waals surface area contributed by atoms with Crippen molar-refractivity contribution >= 4 is 9.84 Å². The summed E-state index contributed by atoms with van der Waals surface area (Å²) in [5.41, 5.74) is -5.56. The maximum absolute atomic E-state index is 14.1. The maximum atomic E-state index is 14.1. The van der Waals surface area contributed by atoms with Crippen LogP contribution in [0.25, 0.3) is 11.1 Å². The van der Waals surface area contributed by atoms with Crippen LogP contribution in [0.15, 0.2) is 47.6 Å². The number of pyridine rings is 1. The van der Waals surface area contributed by atoms with Gasteiger partial charge in [0, 0.05) is 18.0 Å². The minimum Gasteiger partial charge on any atom is -0.265 e. The van der Waals surface area contributed by atoms with E-state index in [1.165, 1.54) is 30.6 Å². The van der Waals surface area contributed by atoms with E-state index in [0.717, 1.165) is 6.07 Å². The molecule has 0 atom stereocenters. The first-order valence-electron chi connectivity index (χ1n) is 5.25. The van der Waals surface area contributed by atoms with E-state index in [-0.39, 0.29) is 11.1 Å². The van der Waals surface area contributed by atoms with Gasteiger partial charge in [0.15, 0.2) is 0 Å². The van der Waals surface area contributed by atoms with Crippen LogP contribution in [0.4, 0.5) is 17.6 Å². The summed E-state index contributed by atoms with van der Waals surface area (Å²) in [6.07, 6.45) is 2.64. The standard InChI is InChI=1S/C12H7F4NO2S/c13-11-9(8-4-6-17-7-5-8)2-1-3-10(11)20(18,19)12(14,15)16/h1-7H. The summed E-state index contributed by atoms with van der Waals surface area (Å²) in [6, 6.07) is 5.56. The van der Waals surface area contributed by atoms with Gasteiger partial charge in [-0.15, -0.1) is 0 Å². The molecular weight excluding hydrogens is 298 g/mol. The minimum atomic E-state index is -5.73. The molecule has 0 amide bonds. The average Bonchev–Trinajstić information content (AvgIpc) is 2.38. The van der Waals surface area contributed by atoms with Crippen LogP contribution in [-0.4, -0.2) is 18.9 Å². The van der Waals surface area contributed by atoms with E-state index in [4.69, 9.17) is 0 Å². The number of hydrogen-bond acceptors (Lipinski definition) is 3. The number of halogens is 4. The number of aromatic nitrogens is 1. The lowest BCUT2D eigenvalue weighted by Gasteiger charge is -2.11. The zero-order chi connectivity index (χ0) is 15.0. The van der Waals surface area contributed by atoms with Crippen molar-refractivity contribution in [1.29, 1.82) is 0 Å². The summed E-state index contributed by atoms with van der Waals surface area (Å²) in [5.74, 6) is -1.43. The molecule has 0 unspecified atom stereocenters. The molecule has 0 bridgehead atoms. The molecule has 0 aliphatic rings. The maximum Gasteiger partial charge on any atom is 0.502 e.